The van der Waals surface area contributed by atoms with Crippen molar-refractivity contribution in [3.63, 3.8) is 0 Å². The van der Waals surface area contributed by atoms with E-state index in [1.165, 1.54) is 21.6 Å². The number of carbonyl (C=O) groups is 1. The van der Waals surface area contributed by atoms with Crippen LogP contribution < -0.4 is 5.32 Å². The van der Waals surface area contributed by atoms with Crippen LogP contribution in [-0.4, -0.2) is 29.9 Å². The lowest BCUT2D eigenvalue weighted by Gasteiger charge is -2.36. The van der Waals surface area contributed by atoms with E-state index in [2.05, 4.69) is 66.7 Å². The van der Waals surface area contributed by atoms with E-state index in [0.29, 0.717) is 12.6 Å². The zero-order chi connectivity index (χ0) is 16.4. The summed E-state index contributed by atoms with van der Waals surface area (Å²) in [4.78, 5) is 16.3. The molecule has 1 aliphatic rings. The van der Waals surface area contributed by atoms with Crippen LogP contribution in [0.5, 0.6) is 0 Å². The molecule has 0 fully saturated rings. The number of carbonyl (C=O) groups excluding carboxylic acids is 1. The van der Waals surface area contributed by atoms with Gasteiger partial charge in [-0.05, 0) is 55.3 Å². The first kappa shape index (κ1) is 16.2. The lowest BCUT2D eigenvalue weighted by Crippen LogP contribution is -2.90. The molecule has 0 spiro atoms. The number of quaternary nitrogens is 1. The van der Waals surface area contributed by atoms with Crippen LogP contribution >= 0.6 is 11.3 Å². The Morgan fingerprint density at radius 2 is 2.09 bits per heavy atom. The molecule has 0 radical (unpaired) electrons. The molecule has 1 amide bonds. The fourth-order valence-electron chi connectivity index (χ4n) is 3.27. The Labute approximate surface area is 142 Å². The first-order valence-corrected chi connectivity index (χ1v) is 9.20. The summed E-state index contributed by atoms with van der Waals surface area (Å²) < 4.78 is 0. The number of amides is 1. The molecule has 2 N–H and O–H groups in total. The normalized spacial score (nSPS) is 17.4. The number of nitrogens with two attached hydrogens (primary N) is 1. The van der Waals surface area contributed by atoms with E-state index in [0.717, 1.165) is 13.0 Å². The molecule has 23 heavy (non-hydrogen) atoms. The molecular formula is C19H25N2OS+. The third-order valence-corrected chi connectivity index (χ3v) is 5.53. The van der Waals surface area contributed by atoms with E-state index < -0.39 is 0 Å². The van der Waals surface area contributed by atoms with E-state index in [1.54, 1.807) is 0 Å². The Morgan fingerprint density at radius 3 is 2.83 bits per heavy atom. The van der Waals surface area contributed by atoms with Crippen molar-refractivity contribution in [1.82, 2.24) is 4.90 Å². The first-order chi connectivity index (χ1) is 11.1. The summed E-state index contributed by atoms with van der Waals surface area (Å²) in [6.07, 6.45) is 0.975. The second kappa shape index (κ2) is 6.85. The third-order valence-electron chi connectivity index (χ3n) is 4.53. The molecule has 1 aromatic carbocycles. The number of aryl methyl sites for hydroxylation is 1. The van der Waals surface area contributed by atoms with Crippen LogP contribution in [0.1, 0.15) is 41.5 Å². The number of thiophene rings is 1. The molecule has 0 saturated heterocycles. The highest BCUT2D eigenvalue weighted by Crippen LogP contribution is 2.38. The van der Waals surface area contributed by atoms with E-state index in [4.69, 9.17) is 0 Å². The average Bonchev–Trinajstić information content (AvgIpc) is 3.01. The topological polar surface area (TPSA) is 36.9 Å². The van der Waals surface area contributed by atoms with Crippen molar-refractivity contribution in [3.8, 4) is 0 Å². The average molecular weight is 329 g/mol. The minimum absolute atomic E-state index is 0.0688. The Kier molecular flexibility index (Phi) is 4.83. The van der Waals surface area contributed by atoms with Gasteiger partial charge in [0.2, 0.25) is 0 Å². The van der Waals surface area contributed by atoms with Crippen molar-refractivity contribution in [2.24, 2.45) is 0 Å². The number of fused-ring (bicyclic) bond motifs is 1. The smallest absolute Gasteiger partial charge is 0.278 e. The van der Waals surface area contributed by atoms with Crippen LogP contribution in [0.15, 0.2) is 35.7 Å². The molecule has 4 heteroatoms. The minimum atomic E-state index is 0.0688. The molecule has 122 valence electrons. The molecule has 0 unspecified atom stereocenters. The van der Waals surface area contributed by atoms with E-state index in [-0.39, 0.29) is 11.9 Å². The largest absolute Gasteiger partial charge is 0.336 e. The maximum absolute atomic E-state index is 12.8. The van der Waals surface area contributed by atoms with Gasteiger partial charge in [0, 0.05) is 11.4 Å². The van der Waals surface area contributed by atoms with Gasteiger partial charge in [0.15, 0.2) is 6.54 Å². The van der Waals surface area contributed by atoms with E-state index in [1.807, 2.05) is 11.3 Å². The molecule has 1 atom stereocenters. The van der Waals surface area contributed by atoms with Crippen molar-refractivity contribution in [2.75, 3.05) is 13.1 Å². The van der Waals surface area contributed by atoms with Gasteiger partial charge in [-0.2, -0.15) is 0 Å². The summed E-state index contributed by atoms with van der Waals surface area (Å²) in [6, 6.07) is 11.2. The molecular weight excluding hydrogens is 304 g/mol. The molecule has 0 aliphatic carbocycles. The van der Waals surface area contributed by atoms with Gasteiger partial charge >= 0.3 is 0 Å². The lowest BCUT2D eigenvalue weighted by molar-refractivity contribution is -0.673. The SMILES string of the molecule is Cc1ccccc1[C@@H]1c2ccsc2CCN1C(=O)C[NH2+]C(C)C. The fourth-order valence-corrected chi connectivity index (χ4v) is 4.17. The second-order valence-electron chi connectivity index (χ2n) is 6.58. The molecule has 2 aromatic rings. The number of benzene rings is 1. The van der Waals surface area contributed by atoms with Crippen LogP contribution in [0.25, 0.3) is 0 Å². The van der Waals surface area contributed by atoms with Crippen LogP contribution in [-0.2, 0) is 11.2 Å². The van der Waals surface area contributed by atoms with Crippen molar-refractivity contribution in [2.45, 2.75) is 39.3 Å². The van der Waals surface area contributed by atoms with Gasteiger partial charge in [-0.25, -0.2) is 0 Å². The van der Waals surface area contributed by atoms with Crippen molar-refractivity contribution in [1.29, 1.82) is 0 Å². The van der Waals surface area contributed by atoms with Gasteiger partial charge in [0.25, 0.3) is 5.91 Å². The van der Waals surface area contributed by atoms with Gasteiger partial charge in [0.05, 0.1) is 12.1 Å². The lowest BCUT2D eigenvalue weighted by atomic mass is 9.90. The van der Waals surface area contributed by atoms with Crippen molar-refractivity contribution < 1.29 is 10.1 Å². The Balaban J connectivity index is 1.96. The molecule has 0 saturated carbocycles. The fraction of sp³-hybridized carbons (Fsp3) is 0.421. The molecule has 0 bridgehead atoms. The summed E-state index contributed by atoms with van der Waals surface area (Å²) in [5.41, 5.74) is 3.82. The van der Waals surface area contributed by atoms with Gasteiger partial charge in [-0.1, -0.05) is 24.3 Å². The summed E-state index contributed by atoms with van der Waals surface area (Å²) in [6.45, 7) is 7.73. The summed E-state index contributed by atoms with van der Waals surface area (Å²) >= 11 is 1.82. The highest BCUT2D eigenvalue weighted by atomic mass is 32.1. The standard InChI is InChI=1S/C19H24N2OS/c1-13(2)20-12-18(22)21-10-8-17-16(9-11-23-17)19(21)15-7-5-4-6-14(15)3/h4-7,9,11,13,19-20H,8,10,12H2,1-3H3/p+1/t19-/m1/s1. The minimum Gasteiger partial charge on any atom is -0.336 e. The monoisotopic (exact) mass is 329 g/mol. The quantitative estimate of drug-likeness (QED) is 0.919. The van der Waals surface area contributed by atoms with Gasteiger partial charge < -0.3 is 10.2 Å². The van der Waals surface area contributed by atoms with Crippen LogP contribution in [0.4, 0.5) is 0 Å². The summed E-state index contributed by atoms with van der Waals surface area (Å²) in [7, 11) is 0. The number of hydrogen-bond donors (Lipinski definition) is 1. The Bertz CT molecular complexity index is 692. The Hall–Kier alpha value is -1.65. The predicted octanol–water partition coefficient (Wildman–Crippen LogP) is 2.50. The first-order valence-electron chi connectivity index (χ1n) is 8.32. The van der Waals surface area contributed by atoms with Gasteiger partial charge in [-0.15, -0.1) is 11.3 Å². The molecule has 3 nitrogen and oxygen atoms in total. The summed E-state index contributed by atoms with van der Waals surface area (Å²) in [5.74, 6) is 0.240. The third kappa shape index (κ3) is 3.33. The summed E-state index contributed by atoms with van der Waals surface area (Å²) in [5, 5.41) is 4.27. The van der Waals surface area contributed by atoms with Crippen LogP contribution in [0.3, 0.4) is 0 Å². The van der Waals surface area contributed by atoms with Crippen LogP contribution in [0, 0.1) is 6.92 Å². The van der Waals surface area contributed by atoms with E-state index >= 15 is 0 Å². The Morgan fingerprint density at radius 1 is 1.30 bits per heavy atom. The second-order valence-corrected chi connectivity index (χ2v) is 7.58. The molecule has 1 aliphatic heterocycles. The maximum atomic E-state index is 12.8. The van der Waals surface area contributed by atoms with Crippen molar-refractivity contribution >= 4 is 17.2 Å². The van der Waals surface area contributed by atoms with E-state index in [9.17, 15) is 4.79 Å². The number of nitrogens with zero attached hydrogens (tertiary/aromatic N) is 1. The number of rotatable bonds is 4. The molecule has 2 heterocycles. The zero-order valence-electron chi connectivity index (χ0n) is 14.1. The molecule has 1 aromatic heterocycles. The molecule has 3 rings (SSSR count). The van der Waals surface area contributed by atoms with Gasteiger partial charge in [-0.3, -0.25) is 4.79 Å². The highest BCUT2D eigenvalue weighted by Gasteiger charge is 2.33. The maximum Gasteiger partial charge on any atom is 0.278 e. The predicted molar refractivity (Wildman–Crippen MR) is 94.7 cm³/mol. The van der Waals surface area contributed by atoms with Crippen LogP contribution in [0.2, 0.25) is 0 Å². The number of hydrogen-bond acceptors (Lipinski definition) is 2. The van der Waals surface area contributed by atoms with Gasteiger partial charge in [0.1, 0.15) is 0 Å². The highest BCUT2D eigenvalue weighted by molar-refractivity contribution is 7.10. The zero-order valence-corrected chi connectivity index (χ0v) is 14.9. The van der Waals surface area contributed by atoms with Crippen molar-refractivity contribution in [3.05, 3.63) is 57.3 Å².